The van der Waals surface area contributed by atoms with E-state index in [0.717, 1.165) is 29.1 Å². The molecule has 1 amide bonds. The molecule has 3 rings (SSSR count). The zero-order chi connectivity index (χ0) is 17.1. The molecule has 126 valence electrons. The summed E-state index contributed by atoms with van der Waals surface area (Å²) in [4.78, 5) is 12.8. The van der Waals surface area contributed by atoms with E-state index < -0.39 is 6.09 Å². The summed E-state index contributed by atoms with van der Waals surface area (Å²) in [6.45, 7) is 0.991. The van der Waals surface area contributed by atoms with Crippen LogP contribution in [0.2, 0.25) is 5.02 Å². The van der Waals surface area contributed by atoms with Crippen LogP contribution in [0.3, 0.4) is 0 Å². The van der Waals surface area contributed by atoms with Crippen LogP contribution in [0, 0.1) is 0 Å². The van der Waals surface area contributed by atoms with E-state index in [1.54, 1.807) is 0 Å². The summed E-state index contributed by atoms with van der Waals surface area (Å²) in [6, 6.07) is 13.7. The Bertz CT molecular complexity index is 734. The number of anilines is 2. The molecule has 0 saturated heterocycles. The Morgan fingerprint density at radius 3 is 2.71 bits per heavy atom. The summed E-state index contributed by atoms with van der Waals surface area (Å²) in [5.74, 6) is 0.955. The van der Waals surface area contributed by atoms with Gasteiger partial charge >= 0.3 is 6.09 Å². The Hall–Kier alpha value is -2.40. The molecule has 0 aliphatic carbocycles. The zero-order valence-electron chi connectivity index (χ0n) is 13.3. The van der Waals surface area contributed by atoms with Gasteiger partial charge in [-0.1, -0.05) is 17.7 Å². The van der Waals surface area contributed by atoms with Crippen LogP contribution in [-0.4, -0.2) is 31.4 Å². The van der Waals surface area contributed by atoms with Crippen molar-refractivity contribution in [1.29, 1.82) is 0 Å². The van der Waals surface area contributed by atoms with Crippen LogP contribution < -0.4 is 15.0 Å². The summed E-state index contributed by atoms with van der Waals surface area (Å²) < 4.78 is 5.78. The van der Waals surface area contributed by atoms with Gasteiger partial charge < -0.3 is 20.1 Å². The molecule has 0 fully saturated rings. The van der Waals surface area contributed by atoms with Crippen molar-refractivity contribution in [3.63, 3.8) is 0 Å². The normalized spacial score (nSPS) is 16.0. The highest BCUT2D eigenvalue weighted by Gasteiger charge is 2.22. The lowest BCUT2D eigenvalue weighted by Crippen LogP contribution is -2.29. The number of fused-ring (bicyclic) bond motifs is 1. The summed E-state index contributed by atoms with van der Waals surface area (Å²) >= 11 is 5.94. The molecule has 1 heterocycles. The first-order valence-corrected chi connectivity index (χ1v) is 8.15. The van der Waals surface area contributed by atoms with E-state index in [-0.39, 0.29) is 5.92 Å². The number of carbonyl (C=O) groups is 1. The van der Waals surface area contributed by atoms with Gasteiger partial charge in [-0.05, 0) is 42.3 Å². The molecule has 0 spiro atoms. The van der Waals surface area contributed by atoms with E-state index in [1.807, 2.05) is 49.5 Å². The molecule has 1 atom stereocenters. The molecule has 5 nitrogen and oxygen atoms in total. The molecular formula is C18H19ClN2O3. The first kappa shape index (κ1) is 16.5. The van der Waals surface area contributed by atoms with E-state index in [9.17, 15) is 4.79 Å². The fourth-order valence-corrected chi connectivity index (χ4v) is 3.02. The molecule has 0 unspecified atom stereocenters. The maximum Gasteiger partial charge on any atom is 0.404 e. The topological polar surface area (TPSA) is 61.8 Å². The molecule has 0 aromatic heterocycles. The predicted molar refractivity (Wildman–Crippen MR) is 94.8 cm³/mol. The predicted octanol–water partition coefficient (Wildman–Crippen LogP) is 4.24. The van der Waals surface area contributed by atoms with Gasteiger partial charge in [0.25, 0.3) is 0 Å². The maximum atomic E-state index is 10.7. The smallest absolute Gasteiger partial charge is 0.404 e. The monoisotopic (exact) mass is 346 g/mol. The van der Waals surface area contributed by atoms with Gasteiger partial charge in [0.05, 0.1) is 6.61 Å². The van der Waals surface area contributed by atoms with Gasteiger partial charge in [0.15, 0.2) is 0 Å². The number of rotatable bonds is 4. The number of nitrogens with zero attached hydrogens (tertiary/aromatic N) is 1. The lowest BCUT2D eigenvalue weighted by atomic mass is 9.92. The van der Waals surface area contributed by atoms with Crippen LogP contribution in [0.5, 0.6) is 5.75 Å². The van der Waals surface area contributed by atoms with E-state index in [4.69, 9.17) is 21.4 Å². The van der Waals surface area contributed by atoms with Crippen molar-refractivity contribution in [2.75, 3.05) is 25.1 Å². The molecule has 24 heavy (non-hydrogen) atoms. The quantitative estimate of drug-likeness (QED) is 0.869. The fraction of sp³-hybridized carbons (Fsp3) is 0.278. The molecular weight excluding hydrogens is 328 g/mol. The molecule has 1 aliphatic rings. The molecule has 2 N–H and O–H groups in total. The SMILES string of the molecule is CN(c1ccc(Cl)cc1)c1ccc2c(c1)OCC[C@H]2CNC(=O)O. The number of hydrogen-bond acceptors (Lipinski definition) is 3. The van der Waals surface area contributed by atoms with E-state index >= 15 is 0 Å². The standard InChI is InChI=1S/C18H19ClN2O3/c1-21(14-4-2-13(19)3-5-14)15-6-7-16-12(11-20-18(22)23)8-9-24-17(16)10-15/h2-7,10,12,20H,8-9,11H2,1H3,(H,22,23)/t12-/m0/s1. The van der Waals surface area contributed by atoms with Gasteiger partial charge in [-0.2, -0.15) is 0 Å². The molecule has 0 saturated carbocycles. The second-order valence-electron chi connectivity index (χ2n) is 5.78. The first-order chi connectivity index (χ1) is 11.5. The second kappa shape index (κ2) is 7.01. The van der Waals surface area contributed by atoms with Crippen LogP contribution in [0.15, 0.2) is 42.5 Å². The Labute approximate surface area is 145 Å². The zero-order valence-corrected chi connectivity index (χ0v) is 14.1. The van der Waals surface area contributed by atoms with Gasteiger partial charge in [-0.25, -0.2) is 4.79 Å². The molecule has 1 aliphatic heterocycles. The Morgan fingerprint density at radius 2 is 2.00 bits per heavy atom. The van der Waals surface area contributed by atoms with Crippen molar-refractivity contribution < 1.29 is 14.6 Å². The van der Waals surface area contributed by atoms with Crippen molar-refractivity contribution in [1.82, 2.24) is 5.32 Å². The summed E-state index contributed by atoms with van der Waals surface area (Å²) in [5, 5.41) is 12.0. The Kier molecular flexibility index (Phi) is 4.81. The number of hydrogen-bond donors (Lipinski definition) is 2. The van der Waals surface area contributed by atoms with E-state index in [0.29, 0.717) is 18.2 Å². The van der Waals surface area contributed by atoms with E-state index in [1.165, 1.54) is 0 Å². The molecule has 2 aromatic carbocycles. The van der Waals surface area contributed by atoms with Crippen molar-refractivity contribution in [2.45, 2.75) is 12.3 Å². The largest absolute Gasteiger partial charge is 0.493 e. The highest BCUT2D eigenvalue weighted by Crippen LogP contribution is 2.37. The Balaban J connectivity index is 1.82. The summed E-state index contributed by atoms with van der Waals surface area (Å²) in [5.41, 5.74) is 3.07. The molecule has 6 heteroatoms. The average molecular weight is 347 g/mol. The third-order valence-corrected chi connectivity index (χ3v) is 4.51. The van der Waals surface area contributed by atoms with Crippen molar-refractivity contribution in [2.24, 2.45) is 0 Å². The van der Waals surface area contributed by atoms with Gasteiger partial charge in [-0.3, -0.25) is 0 Å². The van der Waals surface area contributed by atoms with Gasteiger partial charge in [0.1, 0.15) is 5.75 Å². The number of amides is 1. The minimum Gasteiger partial charge on any atom is -0.493 e. The van der Waals surface area contributed by atoms with Gasteiger partial charge in [-0.15, -0.1) is 0 Å². The van der Waals surface area contributed by atoms with Crippen LogP contribution in [0.1, 0.15) is 17.9 Å². The number of nitrogens with one attached hydrogen (secondary N) is 1. The molecule has 0 bridgehead atoms. The highest BCUT2D eigenvalue weighted by molar-refractivity contribution is 6.30. The van der Waals surface area contributed by atoms with E-state index in [2.05, 4.69) is 10.2 Å². The minimum absolute atomic E-state index is 0.139. The number of ether oxygens (including phenoxy) is 1. The van der Waals surface area contributed by atoms with Crippen LogP contribution in [0.4, 0.5) is 16.2 Å². The van der Waals surface area contributed by atoms with Crippen LogP contribution in [0.25, 0.3) is 0 Å². The lowest BCUT2D eigenvalue weighted by molar-refractivity contribution is 0.191. The fourth-order valence-electron chi connectivity index (χ4n) is 2.90. The highest BCUT2D eigenvalue weighted by atomic mass is 35.5. The lowest BCUT2D eigenvalue weighted by Gasteiger charge is -2.28. The Morgan fingerprint density at radius 1 is 1.29 bits per heavy atom. The second-order valence-corrected chi connectivity index (χ2v) is 6.21. The molecule has 2 aromatic rings. The maximum absolute atomic E-state index is 10.7. The van der Waals surface area contributed by atoms with Gasteiger partial charge in [0, 0.05) is 42.0 Å². The van der Waals surface area contributed by atoms with Crippen molar-refractivity contribution in [3.05, 3.63) is 53.1 Å². The number of carboxylic acid groups (broad SMARTS) is 1. The summed E-state index contributed by atoms with van der Waals surface area (Å²) in [6.07, 6.45) is -0.193. The van der Waals surface area contributed by atoms with Gasteiger partial charge in [0.2, 0.25) is 0 Å². The van der Waals surface area contributed by atoms with Crippen molar-refractivity contribution in [3.8, 4) is 5.75 Å². The minimum atomic E-state index is -0.998. The molecule has 0 radical (unpaired) electrons. The average Bonchev–Trinajstić information content (AvgIpc) is 2.59. The van der Waals surface area contributed by atoms with Crippen molar-refractivity contribution >= 4 is 29.1 Å². The van der Waals surface area contributed by atoms with Crippen LogP contribution >= 0.6 is 11.6 Å². The summed E-state index contributed by atoms with van der Waals surface area (Å²) in [7, 11) is 1.98. The number of benzene rings is 2. The first-order valence-electron chi connectivity index (χ1n) is 7.77. The number of halogens is 1. The van der Waals surface area contributed by atoms with Crippen LogP contribution in [-0.2, 0) is 0 Å². The third-order valence-electron chi connectivity index (χ3n) is 4.26. The third kappa shape index (κ3) is 3.57.